The van der Waals surface area contributed by atoms with E-state index in [0.717, 1.165) is 11.6 Å². The Labute approximate surface area is 229 Å². The summed E-state index contributed by atoms with van der Waals surface area (Å²) in [6.07, 6.45) is 2.84. The summed E-state index contributed by atoms with van der Waals surface area (Å²) in [6.45, 7) is 3.43. The highest BCUT2D eigenvalue weighted by atomic mass is 35.5. The summed E-state index contributed by atoms with van der Waals surface area (Å²) in [6, 6.07) is 7.73. The molecule has 11 nitrogen and oxygen atoms in total. The van der Waals surface area contributed by atoms with Crippen LogP contribution in [0.15, 0.2) is 49.3 Å². The molecule has 0 spiro atoms. The second-order valence-corrected chi connectivity index (χ2v) is 8.46. The molecule has 3 rings (SSSR count). The van der Waals surface area contributed by atoms with E-state index in [1.807, 2.05) is 0 Å². The molecular weight excluding hydrogens is 535 g/mol. The van der Waals surface area contributed by atoms with Crippen molar-refractivity contribution < 1.29 is 24.2 Å². The highest BCUT2D eigenvalue weighted by Crippen LogP contribution is 2.44. The van der Waals surface area contributed by atoms with E-state index in [1.165, 1.54) is 44.6 Å². The van der Waals surface area contributed by atoms with Crippen molar-refractivity contribution in [3.05, 3.63) is 64.9 Å². The van der Waals surface area contributed by atoms with Crippen molar-refractivity contribution in [1.29, 1.82) is 0 Å². The third-order valence-corrected chi connectivity index (χ3v) is 6.05. The second kappa shape index (κ2) is 13.0. The number of ether oxygens (including phenoxy) is 2. The molecule has 3 amide bonds. The number of aromatic nitrogens is 2. The van der Waals surface area contributed by atoms with E-state index in [0.29, 0.717) is 23.6 Å². The van der Waals surface area contributed by atoms with Crippen molar-refractivity contribution in [2.45, 2.75) is 6.42 Å². The van der Waals surface area contributed by atoms with E-state index < -0.39 is 11.9 Å². The summed E-state index contributed by atoms with van der Waals surface area (Å²) in [5, 5.41) is 17.9. The van der Waals surface area contributed by atoms with E-state index in [9.17, 15) is 14.7 Å². The molecule has 2 aromatic carbocycles. The lowest BCUT2D eigenvalue weighted by atomic mass is 10.1. The predicted octanol–water partition coefficient (Wildman–Crippen LogP) is 4.87. The van der Waals surface area contributed by atoms with Crippen LogP contribution >= 0.6 is 23.2 Å². The van der Waals surface area contributed by atoms with E-state index in [-0.39, 0.29) is 39.7 Å². The molecule has 0 aliphatic heterocycles. The number of carbonyl (C=O) groups is 2. The molecular formula is C25H26Cl2N6O5. The van der Waals surface area contributed by atoms with Crippen LogP contribution in [0, 0.1) is 0 Å². The number of nitrogens with one attached hydrogen (secondary N) is 3. The lowest BCUT2D eigenvalue weighted by molar-refractivity contribution is -0.111. The number of nitrogens with zero attached hydrogens (tertiary/aromatic N) is 3. The maximum absolute atomic E-state index is 13.1. The monoisotopic (exact) mass is 560 g/mol. The number of hydrogen-bond acceptors (Lipinski definition) is 8. The Bertz CT molecular complexity index is 1330. The quantitative estimate of drug-likeness (QED) is 0.257. The van der Waals surface area contributed by atoms with Crippen molar-refractivity contribution in [3.8, 4) is 11.5 Å². The summed E-state index contributed by atoms with van der Waals surface area (Å²) in [5.74, 6) is 0.724. The first-order valence-corrected chi connectivity index (χ1v) is 11.9. The Kier molecular flexibility index (Phi) is 9.72. The van der Waals surface area contributed by atoms with E-state index in [1.54, 1.807) is 18.2 Å². The minimum Gasteiger partial charge on any atom is -0.495 e. The van der Waals surface area contributed by atoms with Gasteiger partial charge in [0.1, 0.15) is 39.5 Å². The number of anilines is 5. The van der Waals surface area contributed by atoms with E-state index in [4.69, 9.17) is 32.7 Å². The van der Waals surface area contributed by atoms with Crippen molar-refractivity contribution >= 4 is 63.8 Å². The zero-order chi connectivity index (χ0) is 27.8. The highest BCUT2D eigenvalue weighted by molar-refractivity contribution is 6.41. The molecule has 1 heterocycles. The lowest BCUT2D eigenvalue weighted by Crippen LogP contribution is -2.32. The zero-order valence-electron chi connectivity index (χ0n) is 20.8. The fraction of sp³-hybridized carbons (Fsp3) is 0.200. The summed E-state index contributed by atoms with van der Waals surface area (Å²) in [4.78, 5) is 34.6. The number of carbonyl (C=O) groups excluding carboxylic acids is 2. The number of halogens is 2. The fourth-order valence-electron chi connectivity index (χ4n) is 3.30. The van der Waals surface area contributed by atoms with Gasteiger partial charge in [-0.05, 0) is 30.2 Å². The molecule has 38 heavy (non-hydrogen) atoms. The van der Waals surface area contributed by atoms with Crippen molar-refractivity contribution in [2.75, 3.05) is 48.7 Å². The van der Waals surface area contributed by atoms with Gasteiger partial charge in [-0.3, -0.25) is 9.69 Å². The number of rotatable bonds is 10. The Balaban J connectivity index is 1.85. The largest absolute Gasteiger partial charge is 0.495 e. The average molecular weight is 561 g/mol. The van der Waals surface area contributed by atoms with Crippen LogP contribution in [0.1, 0.15) is 5.56 Å². The molecule has 0 aliphatic rings. The lowest BCUT2D eigenvalue weighted by Gasteiger charge is -2.20. The maximum atomic E-state index is 13.1. The van der Waals surface area contributed by atoms with Crippen LogP contribution < -0.4 is 30.3 Å². The van der Waals surface area contributed by atoms with Gasteiger partial charge in [0.05, 0.1) is 31.3 Å². The molecule has 4 N–H and O–H groups in total. The number of hydrogen-bond donors (Lipinski definition) is 4. The maximum Gasteiger partial charge on any atom is 0.327 e. The summed E-state index contributed by atoms with van der Waals surface area (Å²) < 4.78 is 10.5. The molecule has 0 radical (unpaired) electrons. The minimum absolute atomic E-state index is 0.0374. The van der Waals surface area contributed by atoms with Crippen LogP contribution in [-0.4, -0.2) is 54.9 Å². The average Bonchev–Trinajstić information content (AvgIpc) is 2.92. The Morgan fingerprint density at radius 3 is 2.34 bits per heavy atom. The van der Waals surface area contributed by atoms with Gasteiger partial charge in [0, 0.05) is 25.8 Å². The fourth-order valence-corrected chi connectivity index (χ4v) is 3.89. The van der Waals surface area contributed by atoms with E-state index in [2.05, 4.69) is 32.5 Å². The number of aliphatic hydroxyl groups is 1. The standard InChI is InChI=1S/C25H26Cl2N6O5/c1-5-21(35)31-16-10-14(8-9-34)6-7-15(16)30-19-12-20(29-13-28-19)33(2)25(36)32-24-22(26)17(37-3)11-18(38-4)23(24)27/h5-7,10-13,34H,1,8-9H2,2-4H3,(H,31,35)(H,32,36)(H,28,29,30). The number of urea groups is 1. The third-order valence-electron chi connectivity index (χ3n) is 5.30. The van der Waals surface area contributed by atoms with Crippen LogP contribution in [0.4, 0.5) is 33.5 Å². The molecule has 0 unspecified atom stereocenters. The van der Waals surface area contributed by atoms with Crippen LogP contribution in [0.2, 0.25) is 10.0 Å². The number of aliphatic hydroxyl groups excluding tert-OH is 1. The first kappa shape index (κ1) is 28.5. The van der Waals surface area contributed by atoms with Crippen molar-refractivity contribution in [3.63, 3.8) is 0 Å². The zero-order valence-corrected chi connectivity index (χ0v) is 22.4. The molecule has 0 atom stereocenters. The Morgan fingerprint density at radius 1 is 1.05 bits per heavy atom. The van der Waals surface area contributed by atoms with E-state index >= 15 is 0 Å². The first-order chi connectivity index (χ1) is 18.2. The normalized spacial score (nSPS) is 10.4. The van der Waals surface area contributed by atoms with Crippen LogP contribution in [-0.2, 0) is 11.2 Å². The number of benzene rings is 2. The van der Waals surface area contributed by atoms with Gasteiger partial charge in [-0.1, -0.05) is 35.8 Å². The van der Waals surface area contributed by atoms with Gasteiger partial charge >= 0.3 is 6.03 Å². The summed E-state index contributed by atoms with van der Waals surface area (Å²) >= 11 is 12.7. The smallest absolute Gasteiger partial charge is 0.327 e. The van der Waals surface area contributed by atoms with Gasteiger partial charge in [0.25, 0.3) is 0 Å². The minimum atomic E-state index is -0.596. The molecule has 1 aromatic heterocycles. The first-order valence-electron chi connectivity index (χ1n) is 11.1. The highest BCUT2D eigenvalue weighted by Gasteiger charge is 2.22. The van der Waals surface area contributed by atoms with Gasteiger partial charge in [0.2, 0.25) is 5.91 Å². The van der Waals surface area contributed by atoms with Gasteiger partial charge in [-0.2, -0.15) is 0 Å². The van der Waals surface area contributed by atoms with Gasteiger partial charge in [-0.25, -0.2) is 14.8 Å². The molecule has 0 fully saturated rings. The van der Waals surface area contributed by atoms with Gasteiger partial charge < -0.3 is 30.5 Å². The summed E-state index contributed by atoms with van der Waals surface area (Å²) in [7, 11) is 4.35. The molecule has 0 bridgehead atoms. The Morgan fingerprint density at radius 2 is 1.74 bits per heavy atom. The molecule has 0 saturated heterocycles. The molecule has 3 aromatic rings. The number of amides is 3. The van der Waals surface area contributed by atoms with Gasteiger partial charge in [-0.15, -0.1) is 0 Å². The SMILES string of the molecule is C=CC(=O)Nc1cc(CCO)ccc1Nc1cc(N(C)C(=O)Nc2c(Cl)c(OC)cc(OC)c2Cl)ncn1. The topological polar surface area (TPSA) is 138 Å². The second-order valence-electron chi connectivity index (χ2n) is 7.71. The van der Waals surface area contributed by atoms with Crippen molar-refractivity contribution in [1.82, 2.24) is 9.97 Å². The molecule has 0 aliphatic carbocycles. The molecule has 13 heteroatoms. The van der Waals surface area contributed by atoms with Gasteiger partial charge in [0.15, 0.2) is 0 Å². The van der Waals surface area contributed by atoms with Crippen LogP contribution in [0.25, 0.3) is 0 Å². The number of methoxy groups -OCH3 is 2. The Hall–Kier alpha value is -4.06. The van der Waals surface area contributed by atoms with Crippen LogP contribution in [0.5, 0.6) is 11.5 Å². The third kappa shape index (κ3) is 6.62. The van der Waals surface area contributed by atoms with Crippen molar-refractivity contribution in [2.24, 2.45) is 0 Å². The molecule has 200 valence electrons. The summed E-state index contributed by atoms with van der Waals surface area (Å²) in [5.41, 5.74) is 1.92. The van der Waals surface area contributed by atoms with Crippen LogP contribution in [0.3, 0.4) is 0 Å². The predicted molar refractivity (Wildman–Crippen MR) is 148 cm³/mol. The molecule has 0 saturated carbocycles.